The van der Waals surface area contributed by atoms with E-state index in [1.807, 2.05) is 13.8 Å². The highest BCUT2D eigenvalue weighted by Gasteiger charge is 2.23. The second kappa shape index (κ2) is 13.3. The summed E-state index contributed by atoms with van der Waals surface area (Å²) in [6.45, 7) is 3.93. The smallest absolute Gasteiger partial charge is 0.259 e. The van der Waals surface area contributed by atoms with Gasteiger partial charge in [-0.1, -0.05) is 13.8 Å². The molecule has 3 N–H and O–H groups in total. The highest BCUT2D eigenvalue weighted by molar-refractivity contribution is 5.93. The molecule has 0 saturated heterocycles. The van der Waals surface area contributed by atoms with Crippen LogP contribution >= 0.6 is 0 Å². The molecule has 0 saturated carbocycles. The maximum absolute atomic E-state index is 12.5. The van der Waals surface area contributed by atoms with E-state index >= 15 is 0 Å². The molecule has 178 valence electrons. The molecular weight excluding hydrogens is 416 g/mol. The predicted molar refractivity (Wildman–Crippen MR) is 119 cm³/mol. The normalized spacial score (nSPS) is 11.5. The minimum atomic E-state index is -0.625. The Morgan fingerprint density at radius 3 is 2.19 bits per heavy atom. The number of carbonyl (C=O) groups excluding carboxylic acids is 4. The summed E-state index contributed by atoms with van der Waals surface area (Å²) in [4.78, 5) is 50.8. The van der Waals surface area contributed by atoms with Crippen LogP contribution in [0.15, 0.2) is 24.3 Å². The van der Waals surface area contributed by atoms with Crippen molar-refractivity contribution in [1.82, 2.24) is 15.7 Å². The lowest BCUT2D eigenvalue weighted by Crippen LogP contribution is -2.37. The fraction of sp³-hybridized carbons (Fsp3) is 0.545. The average molecular weight is 451 g/mol. The van der Waals surface area contributed by atoms with E-state index in [1.165, 1.54) is 9.80 Å². The van der Waals surface area contributed by atoms with Gasteiger partial charge in [0.1, 0.15) is 5.75 Å². The molecule has 32 heavy (non-hydrogen) atoms. The van der Waals surface area contributed by atoms with Gasteiger partial charge in [0.2, 0.25) is 17.7 Å². The van der Waals surface area contributed by atoms with Crippen LogP contribution < -0.4 is 20.4 Å². The molecule has 1 aromatic rings. The van der Waals surface area contributed by atoms with Gasteiger partial charge in [0.05, 0.1) is 0 Å². The lowest BCUT2D eigenvalue weighted by Gasteiger charge is -2.20. The number of hydrogen-bond acceptors (Lipinski definition) is 6. The summed E-state index contributed by atoms with van der Waals surface area (Å²) >= 11 is 0. The predicted octanol–water partition coefficient (Wildman–Crippen LogP) is 1.18. The fourth-order valence-electron chi connectivity index (χ4n) is 2.91. The number of hydroxylamine groups is 1. The van der Waals surface area contributed by atoms with Crippen molar-refractivity contribution in [3.63, 3.8) is 0 Å². The van der Waals surface area contributed by atoms with Crippen molar-refractivity contribution >= 4 is 29.3 Å². The molecule has 0 spiro atoms. The standard InChI is InChI=1S/C22H34N4O6/c1-15(2)12-16(13-19(27)24-31)22(30)23-11-10-20(28)26(5)17-6-8-18(9-7-17)32-14-21(29)25(3)4/h6-9,15-16,31H,10-14H2,1-5H3,(H,23,30)(H,24,27)/t16-/m1/s1. The van der Waals surface area contributed by atoms with Crippen LogP contribution in [0.1, 0.15) is 33.1 Å². The lowest BCUT2D eigenvalue weighted by atomic mass is 9.93. The number of amides is 4. The molecule has 10 heteroatoms. The number of nitrogens with zero attached hydrogens (tertiary/aromatic N) is 2. The summed E-state index contributed by atoms with van der Waals surface area (Å²) in [5.41, 5.74) is 2.19. The van der Waals surface area contributed by atoms with Crippen LogP contribution in [0.2, 0.25) is 0 Å². The summed E-state index contributed by atoms with van der Waals surface area (Å²) in [7, 11) is 4.92. The quantitative estimate of drug-likeness (QED) is 0.324. The fourth-order valence-corrected chi connectivity index (χ4v) is 2.91. The van der Waals surface area contributed by atoms with Gasteiger partial charge in [0.25, 0.3) is 5.91 Å². The zero-order chi connectivity index (χ0) is 24.3. The Balaban J connectivity index is 2.54. The minimum absolute atomic E-state index is 0.0709. The second-order valence-corrected chi connectivity index (χ2v) is 8.13. The maximum Gasteiger partial charge on any atom is 0.259 e. The van der Waals surface area contributed by atoms with Crippen LogP contribution in [0.5, 0.6) is 5.75 Å². The monoisotopic (exact) mass is 450 g/mol. The van der Waals surface area contributed by atoms with Crippen LogP contribution in [0.3, 0.4) is 0 Å². The molecule has 1 rings (SSSR count). The van der Waals surface area contributed by atoms with Crippen LogP contribution in [-0.2, 0) is 19.2 Å². The summed E-state index contributed by atoms with van der Waals surface area (Å²) in [6.07, 6.45) is 0.447. The molecule has 0 aliphatic carbocycles. The Hall–Kier alpha value is -3.14. The zero-order valence-electron chi connectivity index (χ0n) is 19.4. The van der Waals surface area contributed by atoms with Crippen LogP contribution in [0, 0.1) is 11.8 Å². The number of ether oxygens (including phenoxy) is 1. The Morgan fingerprint density at radius 1 is 1.03 bits per heavy atom. The van der Waals surface area contributed by atoms with Crippen molar-refractivity contribution in [2.24, 2.45) is 11.8 Å². The van der Waals surface area contributed by atoms with Gasteiger partial charge in [-0.15, -0.1) is 0 Å². The molecule has 0 fully saturated rings. The van der Waals surface area contributed by atoms with E-state index in [2.05, 4.69) is 5.32 Å². The van der Waals surface area contributed by atoms with Crippen LogP contribution in [0.25, 0.3) is 0 Å². The molecule has 0 heterocycles. The average Bonchev–Trinajstić information content (AvgIpc) is 2.75. The highest BCUT2D eigenvalue weighted by Crippen LogP contribution is 2.19. The molecule has 0 unspecified atom stereocenters. The van der Waals surface area contributed by atoms with Crippen molar-refractivity contribution in [2.45, 2.75) is 33.1 Å². The van der Waals surface area contributed by atoms with Crippen molar-refractivity contribution in [3.05, 3.63) is 24.3 Å². The minimum Gasteiger partial charge on any atom is -0.484 e. The topological polar surface area (TPSA) is 128 Å². The van der Waals surface area contributed by atoms with Gasteiger partial charge in [-0.25, -0.2) is 5.48 Å². The molecular formula is C22H34N4O6. The van der Waals surface area contributed by atoms with E-state index in [-0.39, 0.29) is 49.6 Å². The van der Waals surface area contributed by atoms with Gasteiger partial charge in [0, 0.05) is 52.1 Å². The van der Waals surface area contributed by atoms with Crippen LogP contribution in [0.4, 0.5) is 5.69 Å². The van der Waals surface area contributed by atoms with Crippen LogP contribution in [-0.4, -0.2) is 68.0 Å². The molecule has 10 nitrogen and oxygen atoms in total. The number of likely N-dealkylation sites (N-methyl/N-ethyl adjacent to an activating group) is 1. The van der Waals surface area contributed by atoms with Crippen molar-refractivity contribution in [3.8, 4) is 5.75 Å². The Morgan fingerprint density at radius 2 is 1.66 bits per heavy atom. The van der Waals surface area contributed by atoms with Gasteiger partial charge in [-0.2, -0.15) is 0 Å². The van der Waals surface area contributed by atoms with Gasteiger partial charge in [0.15, 0.2) is 6.61 Å². The van der Waals surface area contributed by atoms with Gasteiger partial charge >= 0.3 is 0 Å². The number of carbonyl (C=O) groups is 4. The first-order valence-corrected chi connectivity index (χ1v) is 10.4. The third-order valence-corrected chi connectivity index (χ3v) is 4.78. The molecule has 1 atom stereocenters. The van der Waals surface area contributed by atoms with E-state index in [9.17, 15) is 19.2 Å². The first-order chi connectivity index (χ1) is 15.0. The number of benzene rings is 1. The molecule has 0 aliphatic heterocycles. The van der Waals surface area contributed by atoms with E-state index in [0.29, 0.717) is 17.9 Å². The Labute approximate surface area is 188 Å². The molecule has 0 aliphatic rings. The number of nitrogens with one attached hydrogen (secondary N) is 2. The van der Waals surface area contributed by atoms with Gasteiger partial charge in [-0.05, 0) is 36.6 Å². The molecule has 0 bridgehead atoms. The molecule has 0 radical (unpaired) electrons. The van der Waals surface area contributed by atoms with E-state index in [1.54, 1.807) is 50.9 Å². The van der Waals surface area contributed by atoms with Gasteiger partial charge in [-0.3, -0.25) is 24.4 Å². The second-order valence-electron chi connectivity index (χ2n) is 8.13. The van der Waals surface area contributed by atoms with E-state index < -0.39 is 11.8 Å². The Bertz CT molecular complexity index is 779. The first kappa shape index (κ1) is 26.9. The third kappa shape index (κ3) is 9.34. The third-order valence-electron chi connectivity index (χ3n) is 4.78. The Kier molecular flexibility index (Phi) is 11.2. The maximum atomic E-state index is 12.5. The van der Waals surface area contributed by atoms with Crippen molar-refractivity contribution in [2.75, 3.05) is 39.2 Å². The first-order valence-electron chi connectivity index (χ1n) is 10.4. The van der Waals surface area contributed by atoms with Crippen molar-refractivity contribution < 1.29 is 29.1 Å². The summed E-state index contributed by atoms with van der Waals surface area (Å²) in [6, 6.07) is 6.76. The highest BCUT2D eigenvalue weighted by atomic mass is 16.5. The summed E-state index contributed by atoms with van der Waals surface area (Å²) in [5.74, 6) is -1.18. The van der Waals surface area contributed by atoms with Crippen molar-refractivity contribution in [1.29, 1.82) is 0 Å². The SMILES string of the molecule is CC(C)C[C@H](CC(=O)NO)C(=O)NCCC(=O)N(C)c1ccc(OCC(=O)N(C)C)cc1. The zero-order valence-corrected chi connectivity index (χ0v) is 19.4. The lowest BCUT2D eigenvalue weighted by molar-refractivity contribution is -0.135. The van der Waals surface area contributed by atoms with Gasteiger partial charge < -0.3 is 19.9 Å². The molecule has 1 aromatic carbocycles. The largest absolute Gasteiger partial charge is 0.484 e. The van der Waals surface area contributed by atoms with E-state index in [0.717, 1.165) is 0 Å². The number of hydrogen-bond donors (Lipinski definition) is 3. The summed E-state index contributed by atoms with van der Waals surface area (Å²) < 4.78 is 5.41. The summed E-state index contributed by atoms with van der Waals surface area (Å²) in [5, 5.41) is 11.4. The number of rotatable bonds is 12. The number of anilines is 1. The molecule has 0 aromatic heterocycles. The van der Waals surface area contributed by atoms with E-state index in [4.69, 9.17) is 9.94 Å². The molecule has 4 amide bonds.